The van der Waals surface area contributed by atoms with Gasteiger partial charge in [0.2, 0.25) is 5.91 Å². The Morgan fingerprint density at radius 2 is 2.00 bits per heavy atom. The van der Waals surface area contributed by atoms with Gasteiger partial charge >= 0.3 is 0 Å². The fourth-order valence-corrected chi connectivity index (χ4v) is 2.62. The molecule has 1 amide bonds. The Balaban J connectivity index is 1.73. The number of nitrogens with zero attached hydrogens (tertiary/aromatic N) is 2. The van der Waals surface area contributed by atoms with Crippen molar-refractivity contribution in [1.82, 2.24) is 15.0 Å². The number of amides is 1. The summed E-state index contributed by atoms with van der Waals surface area (Å²) in [5.41, 5.74) is 7.56. The largest absolute Gasteiger partial charge is 0.453 e. The molecule has 0 atom stereocenters. The number of primary amides is 1. The molecule has 0 aliphatic rings. The number of H-pyrrole nitrogens is 1. The van der Waals surface area contributed by atoms with Crippen LogP contribution in [0.3, 0.4) is 0 Å². The number of aromatic nitrogens is 3. The third kappa shape index (κ3) is 2.86. The summed E-state index contributed by atoms with van der Waals surface area (Å²) in [5, 5.41) is 0.699. The van der Waals surface area contributed by atoms with E-state index < -0.39 is 11.7 Å². The lowest BCUT2D eigenvalue weighted by Crippen LogP contribution is -2.11. The molecule has 0 saturated heterocycles. The molecule has 3 aromatic heterocycles. The van der Waals surface area contributed by atoms with E-state index in [1.807, 2.05) is 18.2 Å². The van der Waals surface area contributed by atoms with Crippen molar-refractivity contribution in [2.45, 2.75) is 0 Å². The zero-order valence-electron chi connectivity index (χ0n) is 13.4. The highest BCUT2D eigenvalue weighted by Crippen LogP contribution is 2.33. The second-order valence-electron chi connectivity index (χ2n) is 5.61. The van der Waals surface area contributed by atoms with Crippen LogP contribution in [0.4, 0.5) is 4.39 Å². The van der Waals surface area contributed by atoms with E-state index in [1.165, 1.54) is 12.1 Å². The van der Waals surface area contributed by atoms with Gasteiger partial charge in [-0.25, -0.2) is 9.37 Å². The molecule has 3 N–H and O–H groups in total. The van der Waals surface area contributed by atoms with Gasteiger partial charge in [-0.2, -0.15) is 0 Å². The van der Waals surface area contributed by atoms with E-state index in [9.17, 15) is 9.18 Å². The van der Waals surface area contributed by atoms with Gasteiger partial charge in [-0.3, -0.25) is 9.78 Å². The zero-order valence-corrected chi connectivity index (χ0v) is 13.4. The van der Waals surface area contributed by atoms with Crippen LogP contribution in [-0.2, 0) is 0 Å². The quantitative estimate of drug-likeness (QED) is 0.588. The van der Waals surface area contributed by atoms with Crippen molar-refractivity contribution in [3.8, 4) is 22.8 Å². The van der Waals surface area contributed by atoms with Crippen molar-refractivity contribution in [2.75, 3.05) is 0 Å². The Labute approximate surface area is 147 Å². The van der Waals surface area contributed by atoms with E-state index >= 15 is 0 Å². The predicted octanol–water partition coefficient (Wildman–Crippen LogP) is 3.66. The minimum atomic E-state index is -0.700. The van der Waals surface area contributed by atoms with Crippen LogP contribution in [0, 0.1) is 5.82 Å². The number of ether oxygens (including phenoxy) is 1. The third-order valence-electron chi connectivity index (χ3n) is 3.90. The number of carbonyl (C=O) groups is 1. The van der Waals surface area contributed by atoms with Crippen LogP contribution in [0.1, 0.15) is 10.4 Å². The van der Waals surface area contributed by atoms with E-state index in [-0.39, 0.29) is 11.3 Å². The number of pyridine rings is 2. The number of halogens is 1. The molecular weight excluding hydrogens is 335 g/mol. The van der Waals surface area contributed by atoms with Gasteiger partial charge in [0.25, 0.3) is 0 Å². The smallest absolute Gasteiger partial charge is 0.248 e. The number of aromatic amines is 1. The summed E-state index contributed by atoms with van der Waals surface area (Å²) in [6, 6.07) is 11.1. The average Bonchev–Trinajstić information content (AvgIpc) is 3.09. The highest BCUT2D eigenvalue weighted by molar-refractivity contribution is 5.93. The van der Waals surface area contributed by atoms with Gasteiger partial charge in [0, 0.05) is 35.4 Å². The molecule has 0 fully saturated rings. The van der Waals surface area contributed by atoms with Crippen molar-refractivity contribution in [1.29, 1.82) is 0 Å². The molecule has 1 aromatic carbocycles. The van der Waals surface area contributed by atoms with E-state index in [0.29, 0.717) is 16.8 Å². The fraction of sp³-hybridized carbons (Fsp3) is 0. The van der Waals surface area contributed by atoms with E-state index in [2.05, 4.69) is 15.0 Å². The summed E-state index contributed by atoms with van der Waals surface area (Å²) in [6.45, 7) is 0. The van der Waals surface area contributed by atoms with Crippen molar-refractivity contribution >= 4 is 16.9 Å². The Bertz CT molecular complexity index is 1110. The van der Waals surface area contributed by atoms with Crippen molar-refractivity contribution < 1.29 is 13.9 Å². The third-order valence-corrected chi connectivity index (χ3v) is 3.90. The molecule has 4 aromatic rings. The summed E-state index contributed by atoms with van der Waals surface area (Å²) in [7, 11) is 0. The Morgan fingerprint density at radius 3 is 2.73 bits per heavy atom. The minimum Gasteiger partial charge on any atom is -0.453 e. The first kappa shape index (κ1) is 15.8. The molecule has 6 nitrogen and oxygen atoms in total. The molecule has 0 radical (unpaired) electrons. The summed E-state index contributed by atoms with van der Waals surface area (Å²) in [4.78, 5) is 22.7. The van der Waals surface area contributed by atoms with Crippen molar-refractivity contribution in [3.05, 3.63) is 72.4 Å². The molecule has 3 heterocycles. The lowest BCUT2D eigenvalue weighted by molar-refractivity contribution is 0.1000. The number of hydrogen-bond donors (Lipinski definition) is 2. The van der Waals surface area contributed by atoms with Crippen LogP contribution in [0.25, 0.3) is 22.3 Å². The maximum atomic E-state index is 14.2. The molecular formula is C19H13FN4O2. The molecule has 0 unspecified atom stereocenters. The number of benzene rings is 1. The second-order valence-corrected chi connectivity index (χ2v) is 5.61. The number of fused-ring (bicyclic) bond motifs is 1. The maximum absolute atomic E-state index is 14.2. The highest BCUT2D eigenvalue weighted by Gasteiger charge is 2.13. The molecule has 26 heavy (non-hydrogen) atoms. The molecule has 128 valence electrons. The number of nitrogens with one attached hydrogen (secondary N) is 1. The monoisotopic (exact) mass is 348 g/mol. The Kier molecular flexibility index (Phi) is 3.81. The lowest BCUT2D eigenvalue weighted by atomic mass is 10.2. The van der Waals surface area contributed by atoms with Crippen LogP contribution in [-0.4, -0.2) is 20.9 Å². The number of hydrogen-bond acceptors (Lipinski definition) is 4. The van der Waals surface area contributed by atoms with E-state index in [1.54, 1.807) is 24.7 Å². The van der Waals surface area contributed by atoms with Crippen LogP contribution < -0.4 is 10.5 Å². The second kappa shape index (κ2) is 6.29. The molecule has 0 aliphatic carbocycles. The van der Waals surface area contributed by atoms with Crippen molar-refractivity contribution in [2.24, 2.45) is 5.73 Å². The SMILES string of the molecule is NC(=O)c1ccc(Oc2ccnc3[nH]c(-c4cccnc4)cc23)c(F)c1. The summed E-state index contributed by atoms with van der Waals surface area (Å²) in [6.07, 6.45) is 4.99. The Hall–Kier alpha value is -3.74. The van der Waals surface area contributed by atoms with Gasteiger partial charge in [0.1, 0.15) is 11.4 Å². The number of nitrogens with two attached hydrogens (primary N) is 1. The first-order valence-corrected chi connectivity index (χ1v) is 7.77. The summed E-state index contributed by atoms with van der Waals surface area (Å²) < 4.78 is 19.9. The van der Waals surface area contributed by atoms with Crippen LogP contribution in [0.2, 0.25) is 0 Å². The molecule has 4 rings (SSSR count). The van der Waals surface area contributed by atoms with E-state index in [0.717, 1.165) is 17.3 Å². The van der Waals surface area contributed by atoms with Gasteiger partial charge in [0.15, 0.2) is 11.6 Å². The normalized spacial score (nSPS) is 10.8. The molecule has 0 bridgehead atoms. The summed E-state index contributed by atoms with van der Waals surface area (Å²) in [5.74, 6) is -0.943. The van der Waals surface area contributed by atoms with Gasteiger partial charge < -0.3 is 15.5 Å². The van der Waals surface area contributed by atoms with Gasteiger partial charge in [0.05, 0.1) is 5.39 Å². The first-order valence-electron chi connectivity index (χ1n) is 7.77. The molecule has 0 aliphatic heterocycles. The number of carbonyl (C=O) groups excluding carboxylic acids is 1. The van der Waals surface area contributed by atoms with Crippen LogP contribution in [0.5, 0.6) is 11.5 Å². The topological polar surface area (TPSA) is 93.9 Å². The van der Waals surface area contributed by atoms with E-state index in [4.69, 9.17) is 10.5 Å². The van der Waals surface area contributed by atoms with Gasteiger partial charge in [-0.05, 0) is 42.5 Å². The maximum Gasteiger partial charge on any atom is 0.248 e. The molecule has 7 heteroatoms. The standard InChI is InChI=1S/C19H13FN4O2/c20-14-8-11(18(21)25)3-4-17(14)26-16-5-7-23-19-13(16)9-15(24-19)12-2-1-6-22-10-12/h1-10H,(H2,21,25)(H,23,24). The fourth-order valence-electron chi connectivity index (χ4n) is 2.62. The zero-order chi connectivity index (χ0) is 18.1. The van der Waals surface area contributed by atoms with Crippen LogP contribution in [0.15, 0.2) is 61.1 Å². The molecule has 0 spiro atoms. The van der Waals surface area contributed by atoms with Crippen molar-refractivity contribution in [3.63, 3.8) is 0 Å². The first-order chi connectivity index (χ1) is 12.6. The average molecular weight is 348 g/mol. The van der Waals surface area contributed by atoms with Gasteiger partial charge in [-0.15, -0.1) is 0 Å². The molecule has 0 saturated carbocycles. The van der Waals surface area contributed by atoms with Crippen LogP contribution >= 0.6 is 0 Å². The minimum absolute atomic E-state index is 0.00775. The number of rotatable bonds is 4. The summed E-state index contributed by atoms with van der Waals surface area (Å²) >= 11 is 0. The lowest BCUT2D eigenvalue weighted by Gasteiger charge is -2.08. The van der Waals surface area contributed by atoms with Gasteiger partial charge in [-0.1, -0.05) is 0 Å². The highest BCUT2D eigenvalue weighted by atomic mass is 19.1. The predicted molar refractivity (Wildman–Crippen MR) is 94.3 cm³/mol. The Morgan fingerprint density at radius 1 is 1.12 bits per heavy atom.